The lowest BCUT2D eigenvalue weighted by Crippen LogP contribution is -1.94. The Labute approximate surface area is 102 Å². The molecule has 2 aromatic rings. The highest BCUT2D eigenvalue weighted by Crippen LogP contribution is 2.24. The van der Waals surface area contributed by atoms with Crippen LogP contribution in [0.1, 0.15) is 29.8 Å². The lowest BCUT2D eigenvalue weighted by Gasteiger charge is -2.08. The Balaban J connectivity index is 2.05. The molecule has 0 saturated heterocycles. The maximum Gasteiger partial charge on any atom is 0.133 e. The molecule has 1 unspecified atom stereocenters. The zero-order chi connectivity index (χ0) is 12.1. The Hall–Kier alpha value is -1.63. The summed E-state index contributed by atoms with van der Waals surface area (Å²) in [6, 6.07) is 17.2. The number of aryl methyl sites for hydroxylation is 1. The molecule has 2 aromatic carbocycles. The minimum absolute atomic E-state index is 0.701. The summed E-state index contributed by atoms with van der Waals surface area (Å²) >= 11 is 0. The van der Waals surface area contributed by atoms with Gasteiger partial charge < -0.3 is 0 Å². The van der Waals surface area contributed by atoms with Crippen LogP contribution in [0, 0.1) is 6.42 Å². The third-order valence-corrected chi connectivity index (χ3v) is 2.84. The highest BCUT2D eigenvalue weighted by molar-refractivity contribution is 5.32. The number of halogens is 1. The van der Waals surface area contributed by atoms with Crippen LogP contribution in [0.25, 0.3) is 0 Å². The van der Waals surface area contributed by atoms with Crippen molar-refractivity contribution in [2.45, 2.75) is 19.5 Å². The van der Waals surface area contributed by atoms with Crippen molar-refractivity contribution in [1.29, 1.82) is 0 Å². The van der Waals surface area contributed by atoms with Gasteiger partial charge in [0.15, 0.2) is 0 Å². The van der Waals surface area contributed by atoms with E-state index in [4.69, 9.17) is 0 Å². The van der Waals surface area contributed by atoms with Crippen molar-refractivity contribution in [2.24, 2.45) is 0 Å². The van der Waals surface area contributed by atoms with E-state index in [1.54, 1.807) is 6.42 Å². The summed E-state index contributed by atoms with van der Waals surface area (Å²) in [4.78, 5) is 0. The Kier molecular flexibility index (Phi) is 3.92. The third-order valence-electron chi connectivity index (χ3n) is 2.84. The fraction of sp³-hybridized carbons (Fsp3) is 0.188. The molecule has 0 nitrogen and oxygen atoms in total. The van der Waals surface area contributed by atoms with Gasteiger partial charge in [0.05, 0.1) is 0 Å². The van der Waals surface area contributed by atoms with Crippen LogP contribution in [-0.2, 0) is 6.42 Å². The van der Waals surface area contributed by atoms with Crippen molar-refractivity contribution in [2.75, 3.05) is 0 Å². The first-order chi connectivity index (χ1) is 8.29. The van der Waals surface area contributed by atoms with E-state index in [-0.39, 0.29) is 0 Å². The molecule has 2 rings (SSSR count). The molecule has 1 atom stereocenters. The van der Waals surface area contributed by atoms with Crippen LogP contribution in [0.4, 0.5) is 4.39 Å². The fourth-order valence-electron chi connectivity index (χ4n) is 1.77. The summed E-state index contributed by atoms with van der Waals surface area (Å²) < 4.78 is 13.9. The van der Waals surface area contributed by atoms with Gasteiger partial charge in [-0.2, -0.15) is 0 Å². The molecule has 0 bridgehead atoms. The summed E-state index contributed by atoms with van der Waals surface area (Å²) in [6.07, 6.45) is 1.62. The van der Waals surface area contributed by atoms with Crippen molar-refractivity contribution < 1.29 is 4.39 Å². The largest absolute Gasteiger partial charge is 0.242 e. The van der Waals surface area contributed by atoms with Gasteiger partial charge >= 0.3 is 0 Å². The number of benzene rings is 2. The van der Waals surface area contributed by atoms with E-state index in [9.17, 15) is 4.39 Å². The van der Waals surface area contributed by atoms with Gasteiger partial charge in [0, 0.05) is 6.42 Å². The van der Waals surface area contributed by atoms with E-state index >= 15 is 0 Å². The summed E-state index contributed by atoms with van der Waals surface area (Å²) in [5, 5.41) is 0. The first kappa shape index (κ1) is 11.8. The van der Waals surface area contributed by atoms with E-state index in [0.717, 1.165) is 12.0 Å². The molecule has 1 radical (unpaired) electrons. The van der Waals surface area contributed by atoms with E-state index in [0.29, 0.717) is 5.56 Å². The molecule has 17 heavy (non-hydrogen) atoms. The molecule has 0 aliphatic rings. The second kappa shape index (κ2) is 5.62. The molecule has 0 aliphatic heterocycles. The zero-order valence-electron chi connectivity index (χ0n) is 9.94. The van der Waals surface area contributed by atoms with Gasteiger partial charge in [-0.25, -0.2) is 4.39 Å². The average Bonchev–Trinajstić information content (AvgIpc) is 2.40. The molecular weight excluding hydrogens is 211 g/mol. The highest BCUT2D eigenvalue weighted by Gasteiger charge is 2.10. The maximum atomic E-state index is 13.9. The van der Waals surface area contributed by atoms with Crippen LogP contribution in [0.2, 0.25) is 0 Å². The van der Waals surface area contributed by atoms with Gasteiger partial charge in [-0.05, 0) is 23.1 Å². The molecule has 0 aromatic heterocycles. The zero-order valence-corrected chi connectivity index (χ0v) is 9.94. The first-order valence-corrected chi connectivity index (χ1v) is 5.92. The van der Waals surface area contributed by atoms with Crippen LogP contribution in [0.5, 0.6) is 0 Å². The monoisotopic (exact) mass is 227 g/mol. The van der Waals surface area contributed by atoms with Crippen LogP contribution < -0.4 is 0 Å². The van der Waals surface area contributed by atoms with Crippen LogP contribution in [0.15, 0.2) is 54.6 Å². The third kappa shape index (κ3) is 3.16. The minimum atomic E-state index is -1.04. The Bertz CT molecular complexity index is 445. The summed E-state index contributed by atoms with van der Waals surface area (Å²) in [7, 11) is 0. The summed E-state index contributed by atoms with van der Waals surface area (Å²) in [5.74, 6) is 0. The van der Waals surface area contributed by atoms with Gasteiger partial charge in [0.1, 0.15) is 6.17 Å². The summed E-state index contributed by atoms with van der Waals surface area (Å²) in [5.41, 5.74) is 2.91. The lowest BCUT2D eigenvalue weighted by molar-refractivity contribution is 0.395. The van der Waals surface area contributed by atoms with Crippen molar-refractivity contribution in [3.8, 4) is 0 Å². The van der Waals surface area contributed by atoms with Gasteiger partial charge in [-0.15, -0.1) is 0 Å². The number of alkyl halides is 1. The highest BCUT2D eigenvalue weighted by atomic mass is 19.1. The number of hydrogen-bond donors (Lipinski definition) is 0. The van der Waals surface area contributed by atoms with Gasteiger partial charge in [-0.3, -0.25) is 0 Å². The van der Waals surface area contributed by atoms with Crippen LogP contribution in [-0.4, -0.2) is 0 Å². The molecule has 0 heterocycles. The Morgan fingerprint density at radius 3 is 2.24 bits per heavy atom. The predicted octanol–water partition coefficient (Wildman–Crippen LogP) is 4.51. The molecule has 0 fully saturated rings. The predicted molar refractivity (Wildman–Crippen MR) is 69.5 cm³/mol. The SMILES string of the molecule is CCc1ccc([CH]C(F)c2ccccc2)cc1. The van der Waals surface area contributed by atoms with Gasteiger partial charge in [0.2, 0.25) is 0 Å². The fourth-order valence-corrected chi connectivity index (χ4v) is 1.77. The number of rotatable bonds is 4. The van der Waals surface area contributed by atoms with Crippen LogP contribution in [0.3, 0.4) is 0 Å². The normalized spacial score (nSPS) is 12.4. The number of hydrogen-bond acceptors (Lipinski definition) is 0. The Morgan fingerprint density at radius 2 is 1.65 bits per heavy atom. The first-order valence-electron chi connectivity index (χ1n) is 5.92. The van der Waals surface area contributed by atoms with E-state index in [1.807, 2.05) is 54.6 Å². The molecule has 0 N–H and O–H groups in total. The second-order valence-corrected chi connectivity index (χ2v) is 4.07. The average molecular weight is 227 g/mol. The molecule has 0 spiro atoms. The molecule has 0 amide bonds. The molecule has 1 heteroatoms. The minimum Gasteiger partial charge on any atom is -0.242 e. The molecule has 0 saturated carbocycles. The van der Waals surface area contributed by atoms with Crippen molar-refractivity contribution in [1.82, 2.24) is 0 Å². The van der Waals surface area contributed by atoms with E-state index < -0.39 is 6.17 Å². The molecular formula is C16H16F. The van der Waals surface area contributed by atoms with E-state index in [1.165, 1.54) is 5.56 Å². The second-order valence-electron chi connectivity index (χ2n) is 4.07. The topological polar surface area (TPSA) is 0 Å². The Morgan fingerprint density at radius 1 is 1.00 bits per heavy atom. The van der Waals surface area contributed by atoms with E-state index in [2.05, 4.69) is 6.92 Å². The standard InChI is InChI=1S/C16H16F/c1-2-13-8-10-14(11-9-13)12-16(17)15-6-4-3-5-7-15/h3-12,16H,2H2,1H3. The van der Waals surface area contributed by atoms with Gasteiger partial charge in [-0.1, -0.05) is 61.5 Å². The van der Waals surface area contributed by atoms with Crippen molar-refractivity contribution >= 4 is 0 Å². The van der Waals surface area contributed by atoms with Crippen molar-refractivity contribution in [3.63, 3.8) is 0 Å². The van der Waals surface area contributed by atoms with Crippen molar-refractivity contribution in [3.05, 3.63) is 77.7 Å². The quantitative estimate of drug-likeness (QED) is 0.720. The summed E-state index contributed by atoms with van der Waals surface area (Å²) in [6.45, 7) is 2.11. The molecule has 87 valence electrons. The van der Waals surface area contributed by atoms with Gasteiger partial charge in [0.25, 0.3) is 0 Å². The van der Waals surface area contributed by atoms with Crippen LogP contribution >= 0.6 is 0 Å². The smallest absolute Gasteiger partial charge is 0.133 e. The lowest BCUT2D eigenvalue weighted by atomic mass is 10.0. The molecule has 0 aliphatic carbocycles. The maximum absolute atomic E-state index is 13.9.